The highest BCUT2D eigenvalue weighted by atomic mass is 32.1. The van der Waals surface area contributed by atoms with Crippen molar-refractivity contribution in [2.75, 3.05) is 19.7 Å². The van der Waals surface area contributed by atoms with Gasteiger partial charge in [0.1, 0.15) is 5.01 Å². The minimum Gasteiger partial charge on any atom is -0.377 e. The van der Waals surface area contributed by atoms with Crippen molar-refractivity contribution in [1.82, 2.24) is 15.6 Å². The molecule has 0 aliphatic carbocycles. The van der Waals surface area contributed by atoms with Gasteiger partial charge in [-0.25, -0.2) is 9.98 Å². The zero-order valence-corrected chi connectivity index (χ0v) is 19.0. The molecule has 2 unspecified atom stereocenters. The summed E-state index contributed by atoms with van der Waals surface area (Å²) in [5.41, 5.74) is 1.39. The number of thiazole rings is 1. The van der Waals surface area contributed by atoms with Crippen LogP contribution in [0.15, 0.2) is 10.4 Å². The van der Waals surface area contributed by atoms with E-state index in [2.05, 4.69) is 64.5 Å². The highest BCUT2D eigenvalue weighted by molar-refractivity contribution is 7.09. The Bertz CT molecular complexity index is 612. The van der Waals surface area contributed by atoms with E-state index in [0.29, 0.717) is 12.5 Å². The summed E-state index contributed by atoms with van der Waals surface area (Å²) >= 11 is 1.69. The Balaban J connectivity index is 1.98. The van der Waals surface area contributed by atoms with Gasteiger partial charge in [-0.2, -0.15) is 0 Å². The Morgan fingerprint density at radius 1 is 1.26 bits per heavy atom. The zero-order valence-electron chi connectivity index (χ0n) is 18.2. The SMILES string of the molecule is CCNC(=NCc1nc(C(C)(C)C)cs1)NCC1CCCOC1C(C)(C)C. The number of guanidine groups is 1. The Hall–Kier alpha value is -1.14. The lowest BCUT2D eigenvalue weighted by molar-refractivity contribution is -0.0835. The fourth-order valence-electron chi connectivity index (χ4n) is 3.45. The van der Waals surface area contributed by atoms with E-state index in [0.717, 1.165) is 42.8 Å². The van der Waals surface area contributed by atoms with Gasteiger partial charge < -0.3 is 15.4 Å². The van der Waals surface area contributed by atoms with Crippen molar-refractivity contribution < 1.29 is 4.74 Å². The highest BCUT2D eigenvalue weighted by Gasteiger charge is 2.35. The second-order valence-corrected chi connectivity index (χ2v) is 10.5. The summed E-state index contributed by atoms with van der Waals surface area (Å²) in [7, 11) is 0. The van der Waals surface area contributed by atoms with Gasteiger partial charge >= 0.3 is 0 Å². The van der Waals surface area contributed by atoms with Gasteiger partial charge in [-0.15, -0.1) is 11.3 Å². The van der Waals surface area contributed by atoms with E-state index in [1.807, 2.05) is 0 Å². The summed E-state index contributed by atoms with van der Waals surface area (Å²) in [5, 5.41) is 10.1. The molecule has 1 fully saturated rings. The normalized spacial score (nSPS) is 22.0. The number of rotatable bonds is 5. The van der Waals surface area contributed by atoms with Crippen LogP contribution in [0.25, 0.3) is 0 Å². The number of hydrogen-bond donors (Lipinski definition) is 2. The number of ether oxygens (including phenoxy) is 1. The lowest BCUT2D eigenvalue weighted by atomic mass is 9.78. The van der Waals surface area contributed by atoms with Crippen LogP contribution in [0.2, 0.25) is 0 Å². The summed E-state index contributed by atoms with van der Waals surface area (Å²) in [6.45, 7) is 18.7. The summed E-state index contributed by atoms with van der Waals surface area (Å²) in [6.07, 6.45) is 2.63. The Kier molecular flexibility index (Phi) is 7.69. The largest absolute Gasteiger partial charge is 0.377 e. The fourth-order valence-corrected chi connectivity index (χ4v) is 4.40. The Morgan fingerprint density at radius 2 is 2.00 bits per heavy atom. The quantitative estimate of drug-likeness (QED) is 0.576. The molecule has 1 aromatic heterocycles. The van der Waals surface area contributed by atoms with E-state index >= 15 is 0 Å². The fraction of sp³-hybridized carbons (Fsp3) is 0.810. The van der Waals surface area contributed by atoms with E-state index in [4.69, 9.17) is 14.7 Å². The predicted molar refractivity (Wildman–Crippen MR) is 116 cm³/mol. The average molecular weight is 395 g/mol. The van der Waals surface area contributed by atoms with E-state index in [9.17, 15) is 0 Å². The van der Waals surface area contributed by atoms with Gasteiger partial charge in [-0.1, -0.05) is 41.5 Å². The van der Waals surface area contributed by atoms with E-state index < -0.39 is 0 Å². The van der Waals surface area contributed by atoms with Crippen LogP contribution in [0.4, 0.5) is 0 Å². The molecule has 5 nitrogen and oxygen atoms in total. The van der Waals surface area contributed by atoms with Crippen LogP contribution >= 0.6 is 11.3 Å². The van der Waals surface area contributed by atoms with Crippen LogP contribution in [-0.4, -0.2) is 36.7 Å². The number of nitrogens with zero attached hydrogens (tertiary/aromatic N) is 2. The highest BCUT2D eigenvalue weighted by Crippen LogP contribution is 2.33. The number of aliphatic imine (C=N–C) groups is 1. The molecule has 1 aromatic rings. The smallest absolute Gasteiger partial charge is 0.191 e. The molecule has 2 heterocycles. The number of aromatic nitrogens is 1. The number of hydrogen-bond acceptors (Lipinski definition) is 4. The summed E-state index contributed by atoms with van der Waals surface area (Å²) < 4.78 is 6.10. The van der Waals surface area contributed by atoms with Crippen molar-refractivity contribution in [3.05, 3.63) is 16.1 Å². The lowest BCUT2D eigenvalue weighted by Crippen LogP contribution is -2.47. The molecule has 0 amide bonds. The molecule has 6 heteroatoms. The molecular formula is C21H38N4OS. The van der Waals surface area contributed by atoms with Crippen molar-refractivity contribution in [3.8, 4) is 0 Å². The molecule has 27 heavy (non-hydrogen) atoms. The summed E-state index contributed by atoms with van der Waals surface area (Å²) in [6, 6.07) is 0. The minimum absolute atomic E-state index is 0.0875. The van der Waals surface area contributed by atoms with Crippen LogP contribution in [0, 0.1) is 11.3 Å². The van der Waals surface area contributed by atoms with E-state index in [-0.39, 0.29) is 16.9 Å². The monoisotopic (exact) mass is 394 g/mol. The van der Waals surface area contributed by atoms with Crippen LogP contribution in [0.5, 0.6) is 0 Å². The van der Waals surface area contributed by atoms with Gasteiger partial charge in [0.15, 0.2) is 5.96 Å². The van der Waals surface area contributed by atoms with E-state index in [1.165, 1.54) is 6.42 Å². The van der Waals surface area contributed by atoms with Crippen LogP contribution in [-0.2, 0) is 16.7 Å². The molecular weight excluding hydrogens is 356 g/mol. The van der Waals surface area contributed by atoms with Crippen LogP contribution in [0.3, 0.4) is 0 Å². The first-order valence-corrected chi connectivity index (χ1v) is 11.1. The van der Waals surface area contributed by atoms with Crippen molar-refractivity contribution >= 4 is 17.3 Å². The van der Waals surface area contributed by atoms with Crippen molar-refractivity contribution in [2.24, 2.45) is 16.3 Å². The maximum Gasteiger partial charge on any atom is 0.191 e. The molecule has 2 atom stereocenters. The minimum atomic E-state index is 0.0875. The van der Waals surface area contributed by atoms with Crippen molar-refractivity contribution in [1.29, 1.82) is 0 Å². The van der Waals surface area contributed by atoms with Gasteiger partial charge in [-0.05, 0) is 25.2 Å². The zero-order chi connectivity index (χ0) is 20.1. The van der Waals surface area contributed by atoms with Gasteiger partial charge in [0.2, 0.25) is 0 Å². The first-order chi connectivity index (χ1) is 12.6. The van der Waals surface area contributed by atoms with Crippen LogP contribution < -0.4 is 10.6 Å². The first-order valence-electron chi connectivity index (χ1n) is 10.2. The van der Waals surface area contributed by atoms with Gasteiger partial charge in [0.25, 0.3) is 0 Å². The molecule has 0 bridgehead atoms. The second-order valence-electron chi connectivity index (χ2n) is 9.51. The molecule has 0 saturated carbocycles. The van der Waals surface area contributed by atoms with Gasteiger partial charge in [0, 0.05) is 36.4 Å². The summed E-state index contributed by atoms with van der Waals surface area (Å²) in [4.78, 5) is 9.50. The average Bonchev–Trinajstić information content (AvgIpc) is 3.06. The molecule has 2 rings (SSSR count). The van der Waals surface area contributed by atoms with Crippen LogP contribution in [0.1, 0.15) is 72.0 Å². The molecule has 0 aromatic carbocycles. The maximum atomic E-state index is 6.10. The Morgan fingerprint density at radius 3 is 2.59 bits per heavy atom. The lowest BCUT2D eigenvalue weighted by Gasteiger charge is -2.40. The predicted octanol–water partition coefficient (Wildman–Crippen LogP) is 4.34. The third-order valence-electron chi connectivity index (χ3n) is 4.87. The molecule has 1 aliphatic rings. The van der Waals surface area contributed by atoms with Crippen molar-refractivity contribution in [2.45, 2.75) is 79.4 Å². The standard InChI is InChI=1S/C21H38N4OS/c1-8-22-19(24-13-17-25-16(14-27-17)20(2,3)4)23-12-15-10-9-11-26-18(15)21(5,6)7/h14-15,18H,8-13H2,1-7H3,(H2,22,23,24). The van der Waals surface area contributed by atoms with Crippen molar-refractivity contribution in [3.63, 3.8) is 0 Å². The summed E-state index contributed by atoms with van der Waals surface area (Å²) in [5.74, 6) is 1.37. The molecule has 2 N–H and O–H groups in total. The van der Waals surface area contributed by atoms with Gasteiger partial charge in [-0.3, -0.25) is 0 Å². The van der Waals surface area contributed by atoms with E-state index in [1.54, 1.807) is 11.3 Å². The molecule has 0 spiro atoms. The molecule has 154 valence electrons. The molecule has 1 aliphatic heterocycles. The third kappa shape index (κ3) is 6.75. The third-order valence-corrected chi connectivity index (χ3v) is 5.70. The Labute approximate surface area is 169 Å². The molecule has 0 radical (unpaired) electrons. The van der Waals surface area contributed by atoms with Gasteiger partial charge in [0.05, 0.1) is 18.3 Å². The molecule has 1 saturated heterocycles. The maximum absolute atomic E-state index is 6.10. The first kappa shape index (κ1) is 22.2. The number of nitrogens with one attached hydrogen (secondary N) is 2. The topological polar surface area (TPSA) is 58.5 Å². The second kappa shape index (κ2) is 9.37.